The summed E-state index contributed by atoms with van der Waals surface area (Å²) in [5, 5.41) is 3.12. The van der Waals surface area contributed by atoms with Gasteiger partial charge < -0.3 is 16.0 Å². The topological polar surface area (TPSA) is 58.4 Å². The molecule has 0 bridgehead atoms. The molecule has 5 heteroatoms. The first-order valence-electron chi connectivity index (χ1n) is 8.30. The van der Waals surface area contributed by atoms with Gasteiger partial charge in [-0.1, -0.05) is 26.2 Å². The smallest absolute Gasteiger partial charge is 0.221 e. The fourth-order valence-corrected chi connectivity index (χ4v) is 3.48. The van der Waals surface area contributed by atoms with Crippen LogP contribution in [0.4, 0.5) is 0 Å². The van der Waals surface area contributed by atoms with Gasteiger partial charge in [0.25, 0.3) is 0 Å². The Labute approximate surface area is 135 Å². The van der Waals surface area contributed by atoms with Crippen molar-refractivity contribution < 1.29 is 4.79 Å². The molecule has 0 radical (unpaired) electrons. The van der Waals surface area contributed by atoms with E-state index in [-0.39, 0.29) is 23.7 Å². The number of carbonyl (C=O) groups excluding carboxylic acids is 1. The molecule has 1 atom stereocenters. The van der Waals surface area contributed by atoms with Crippen LogP contribution in [-0.4, -0.2) is 43.5 Å². The van der Waals surface area contributed by atoms with Crippen molar-refractivity contribution in [1.29, 1.82) is 0 Å². The summed E-state index contributed by atoms with van der Waals surface area (Å²) in [5.41, 5.74) is 6.07. The minimum Gasteiger partial charge on any atom is -0.356 e. The fourth-order valence-electron chi connectivity index (χ4n) is 3.48. The quantitative estimate of drug-likeness (QED) is 0.789. The molecule has 124 valence electrons. The Bertz CT molecular complexity index is 321. The van der Waals surface area contributed by atoms with Crippen LogP contribution in [0, 0.1) is 11.3 Å². The molecular weight excluding hydrogens is 286 g/mol. The van der Waals surface area contributed by atoms with Gasteiger partial charge in [-0.15, -0.1) is 12.4 Å². The van der Waals surface area contributed by atoms with Gasteiger partial charge in [0.1, 0.15) is 0 Å². The van der Waals surface area contributed by atoms with Gasteiger partial charge in [-0.3, -0.25) is 4.79 Å². The van der Waals surface area contributed by atoms with Crippen LogP contribution < -0.4 is 11.1 Å². The van der Waals surface area contributed by atoms with E-state index in [1.165, 1.54) is 32.1 Å². The van der Waals surface area contributed by atoms with Crippen molar-refractivity contribution in [3.63, 3.8) is 0 Å². The third-order valence-corrected chi connectivity index (χ3v) is 5.10. The van der Waals surface area contributed by atoms with E-state index in [9.17, 15) is 4.79 Å². The summed E-state index contributed by atoms with van der Waals surface area (Å²) < 4.78 is 0. The van der Waals surface area contributed by atoms with Gasteiger partial charge >= 0.3 is 0 Å². The molecule has 0 spiro atoms. The van der Waals surface area contributed by atoms with Crippen LogP contribution in [0.15, 0.2) is 0 Å². The number of halogens is 1. The van der Waals surface area contributed by atoms with Gasteiger partial charge in [0, 0.05) is 26.1 Å². The minimum absolute atomic E-state index is 0. The van der Waals surface area contributed by atoms with E-state index in [1.54, 1.807) is 0 Å². The number of nitrogens with zero attached hydrogens (tertiary/aromatic N) is 1. The molecule has 1 unspecified atom stereocenters. The molecule has 2 fully saturated rings. The Morgan fingerprint density at radius 1 is 1.33 bits per heavy atom. The van der Waals surface area contributed by atoms with E-state index in [1.807, 2.05) is 0 Å². The summed E-state index contributed by atoms with van der Waals surface area (Å²) in [6.45, 7) is 6.89. The van der Waals surface area contributed by atoms with Gasteiger partial charge in [0.15, 0.2) is 0 Å². The number of amides is 1. The molecule has 3 N–H and O–H groups in total. The van der Waals surface area contributed by atoms with Crippen molar-refractivity contribution in [2.75, 3.05) is 32.7 Å². The Kier molecular flexibility index (Phi) is 7.99. The molecule has 0 aromatic heterocycles. The van der Waals surface area contributed by atoms with Gasteiger partial charge in [-0.25, -0.2) is 0 Å². The van der Waals surface area contributed by atoms with Crippen LogP contribution in [0.2, 0.25) is 0 Å². The molecule has 1 heterocycles. The highest BCUT2D eigenvalue weighted by Gasteiger charge is 2.32. The average Bonchev–Trinajstić information content (AvgIpc) is 2.86. The van der Waals surface area contributed by atoms with Crippen LogP contribution in [0.3, 0.4) is 0 Å². The van der Waals surface area contributed by atoms with Gasteiger partial charge in [-0.2, -0.15) is 0 Å². The third-order valence-electron chi connectivity index (χ3n) is 5.10. The molecule has 1 aliphatic heterocycles. The zero-order valence-corrected chi connectivity index (χ0v) is 14.2. The maximum absolute atomic E-state index is 11.9. The van der Waals surface area contributed by atoms with Gasteiger partial charge in [-0.05, 0) is 43.7 Å². The monoisotopic (exact) mass is 317 g/mol. The SMILES string of the molecule is CC1(CN)CCN(CCC(=O)NCC2CCCCC2)C1.Cl. The van der Waals surface area contributed by atoms with Crippen molar-refractivity contribution >= 4 is 18.3 Å². The summed E-state index contributed by atoms with van der Waals surface area (Å²) in [5.74, 6) is 0.942. The van der Waals surface area contributed by atoms with Crippen molar-refractivity contribution in [1.82, 2.24) is 10.2 Å². The highest BCUT2D eigenvalue weighted by Crippen LogP contribution is 2.28. The third kappa shape index (κ3) is 6.13. The number of carbonyl (C=O) groups is 1. The fraction of sp³-hybridized carbons (Fsp3) is 0.938. The summed E-state index contributed by atoms with van der Waals surface area (Å²) in [4.78, 5) is 14.3. The van der Waals surface area contributed by atoms with Crippen LogP contribution in [0.1, 0.15) is 51.9 Å². The molecule has 4 nitrogen and oxygen atoms in total. The van der Waals surface area contributed by atoms with Gasteiger partial charge in [0.2, 0.25) is 5.91 Å². The summed E-state index contributed by atoms with van der Waals surface area (Å²) in [6.07, 6.45) is 8.43. The minimum atomic E-state index is 0. The number of hydrogen-bond donors (Lipinski definition) is 2. The molecule has 1 saturated carbocycles. The molecule has 1 saturated heterocycles. The van der Waals surface area contributed by atoms with E-state index in [0.717, 1.165) is 45.1 Å². The van der Waals surface area contributed by atoms with Crippen molar-refractivity contribution in [3.8, 4) is 0 Å². The predicted molar refractivity (Wildman–Crippen MR) is 89.7 cm³/mol. The molecule has 1 amide bonds. The van der Waals surface area contributed by atoms with E-state index in [0.29, 0.717) is 6.42 Å². The summed E-state index contributed by atoms with van der Waals surface area (Å²) in [7, 11) is 0. The molecule has 21 heavy (non-hydrogen) atoms. The lowest BCUT2D eigenvalue weighted by atomic mass is 9.89. The standard InChI is InChI=1S/C16H31N3O.ClH/c1-16(12-17)8-10-19(13-16)9-7-15(20)18-11-14-5-3-2-4-6-14;/h14H,2-13,17H2,1H3,(H,18,20);1H. The van der Waals surface area contributed by atoms with Crippen molar-refractivity contribution in [2.24, 2.45) is 17.1 Å². The molecule has 2 aliphatic rings. The molecule has 0 aromatic rings. The lowest BCUT2D eigenvalue weighted by molar-refractivity contribution is -0.121. The first-order valence-corrected chi connectivity index (χ1v) is 8.30. The number of nitrogens with one attached hydrogen (secondary N) is 1. The van der Waals surface area contributed by atoms with Crippen LogP contribution >= 0.6 is 12.4 Å². The largest absolute Gasteiger partial charge is 0.356 e. The lowest BCUT2D eigenvalue weighted by Gasteiger charge is -2.23. The van der Waals surface area contributed by atoms with Crippen molar-refractivity contribution in [2.45, 2.75) is 51.9 Å². The first kappa shape index (κ1) is 18.7. The number of likely N-dealkylation sites (tertiary alicyclic amines) is 1. The van der Waals surface area contributed by atoms with Crippen molar-refractivity contribution in [3.05, 3.63) is 0 Å². The van der Waals surface area contributed by atoms with Gasteiger partial charge in [0.05, 0.1) is 0 Å². The van der Waals surface area contributed by atoms with E-state index in [4.69, 9.17) is 5.73 Å². The Morgan fingerprint density at radius 2 is 2.05 bits per heavy atom. The maximum atomic E-state index is 11.9. The number of hydrogen-bond acceptors (Lipinski definition) is 3. The average molecular weight is 318 g/mol. The lowest BCUT2D eigenvalue weighted by Crippen LogP contribution is -2.35. The second kappa shape index (κ2) is 8.96. The highest BCUT2D eigenvalue weighted by molar-refractivity contribution is 5.85. The van der Waals surface area contributed by atoms with Crippen LogP contribution in [0.5, 0.6) is 0 Å². The summed E-state index contributed by atoms with van der Waals surface area (Å²) >= 11 is 0. The Morgan fingerprint density at radius 3 is 2.67 bits per heavy atom. The molecule has 0 aromatic carbocycles. The molecule has 1 aliphatic carbocycles. The van der Waals surface area contributed by atoms with Crippen LogP contribution in [0.25, 0.3) is 0 Å². The Balaban J connectivity index is 0.00000220. The second-order valence-corrected chi connectivity index (χ2v) is 7.10. The number of rotatable bonds is 6. The van der Waals surface area contributed by atoms with E-state index >= 15 is 0 Å². The summed E-state index contributed by atoms with van der Waals surface area (Å²) in [6, 6.07) is 0. The Hall–Kier alpha value is -0.320. The van der Waals surface area contributed by atoms with E-state index < -0.39 is 0 Å². The zero-order chi connectivity index (χ0) is 14.4. The molecule has 2 rings (SSSR count). The molecular formula is C16H32ClN3O. The number of nitrogens with two attached hydrogens (primary N) is 1. The zero-order valence-electron chi connectivity index (χ0n) is 13.4. The van der Waals surface area contributed by atoms with E-state index in [2.05, 4.69) is 17.1 Å². The highest BCUT2D eigenvalue weighted by atomic mass is 35.5. The maximum Gasteiger partial charge on any atom is 0.221 e. The normalized spacial score (nSPS) is 27.3. The second-order valence-electron chi connectivity index (χ2n) is 7.10. The first-order chi connectivity index (χ1) is 9.61. The van der Waals surface area contributed by atoms with Crippen LogP contribution in [-0.2, 0) is 4.79 Å². The predicted octanol–water partition coefficient (Wildman–Crippen LogP) is 2.17.